The van der Waals surface area contributed by atoms with Crippen molar-refractivity contribution in [3.63, 3.8) is 0 Å². The fourth-order valence-electron chi connectivity index (χ4n) is 3.70. The lowest BCUT2D eigenvalue weighted by Gasteiger charge is -2.06. The highest BCUT2D eigenvalue weighted by Gasteiger charge is 2.33. The van der Waals surface area contributed by atoms with Gasteiger partial charge in [-0.15, -0.1) is 11.8 Å². The minimum atomic E-state index is -4.58. The molecule has 0 aliphatic carbocycles. The number of fused-ring (bicyclic) bond motifs is 2. The molecule has 5 aromatic rings. The van der Waals surface area contributed by atoms with E-state index in [0.29, 0.717) is 44.6 Å². The summed E-state index contributed by atoms with van der Waals surface area (Å²) in [5, 5.41) is 5.29. The second-order valence-electron chi connectivity index (χ2n) is 7.36. The van der Waals surface area contributed by atoms with Crippen LogP contribution in [0.15, 0.2) is 47.8 Å². The largest absolute Gasteiger partial charge is 0.433 e. The number of imidazole rings is 1. The van der Waals surface area contributed by atoms with Gasteiger partial charge in [-0.05, 0) is 30.0 Å². The Morgan fingerprint density at radius 2 is 1.91 bits per heavy atom. The average Bonchev–Trinajstić information content (AvgIpc) is 3.32. The summed E-state index contributed by atoms with van der Waals surface area (Å²) < 4.78 is 56.9. The van der Waals surface area contributed by atoms with Gasteiger partial charge < -0.3 is 4.57 Å². The third-order valence-corrected chi connectivity index (χ3v) is 6.42. The van der Waals surface area contributed by atoms with Gasteiger partial charge in [-0.2, -0.15) is 18.3 Å². The van der Waals surface area contributed by atoms with Crippen LogP contribution in [0.4, 0.5) is 17.6 Å². The summed E-state index contributed by atoms with van der Waals surface area (Å²) in [5.74, 6) is 0.517. The van der Waals surface area contributed by atoms with Gasteiger partial charge in [0.2, 0.25) is 0 Å². The van der Waals surface area contributed by atoms with Crippen molar-refractivity contribution < 1.29 is 17.6 Å². The molecule has 0 spiro atoms. The lowest BCUT2D eigenvalue weighted by Crippen LogP contribution is -2.07. The van der Waals surface area contributed by atoms with E-state index in [1.807, 2.05) is 6.92 Å². The first-order valence-corrected chi connectivity index (χ1v) is 11.4. The summed E-state index contributed by atoms with van der Waals surface area (Å²) in [6.45, 7) is 1.95. The molecular formula is C22H15ClF4N6S. The van der Waals surface area contributed by atoms with Gasteiger partial charge in [0.15, 0.2) is 5.65 Å². The van der Waals surface area contributed by atoms with Crippen molar-refractivity contribution in [3.8, 4) is 22.6 Å². The molecule has 12 heteroatoms. The number of pyridine rings is 1. The van der Waals surface area contributed by atoms with Crippen molar-refractivity contribution in [2.75, 3.05) is 5.75 Å². The lowest BCUT2D eigenvalue weighted by atomic mass is 10.1. The summed E-state index contributed by atoms with van der Waals surface area (Å²) in [6, 6.07) is 7.06. The van der Waals surface area contributed by atoms with Crippen LogP contribution < -0.4 is 0 Å². The number of hydrogen-bond donors (Lipinski definition) is 0. The van der Waals surface area contributed by atoms with Gasteiger partial charge >= 0.3 is 6.18 Å². The topological polar surface area (TPSA) is 60.9 Å². The number of halogens is 5. The number of benzene rings is 1. The van der Waals surface area contributed by atoms with Crippen LogP contribution in [-0.4, -0.2) is 34.9 Å². The number of aromatic nitrogens is 6. The second-order valence-corrected chi connectivity index (χ2v) is 9.02. The molecule has 6 nitrogen and oxygen atoms in total. The van der Waals surface area contributed by atoms with E-state index >= 15 is 0 Å². The molecule has 5 rings (SSSR count). The van der Waals surface area contributed by atoms with Crippen molar-refractivity contribution in [2.45, 2.75) is 18.1 Å². The highest BCUT2D eigenvalue weighted by atomic mass is 35.5. The smallest absolute Gasteiger partial charge is 0.326 e. The minimum absolute atomic E-state index is 0.00367. The maximum Gasteiger partial charge on any atom is 0.433 e. The zero-order valence-corrected chi connectivity index (χ0v) is 19.3. The number of thioether (sulfide) groups is 1. The molecule has 34 heavy (non-hydrogen) atoms. The van der Waals surface area contributed by atoms with Crippen LogP contribution in [0, 0.1) is 5.82 Å². The Morgan fingerprint density at radius 3 is 2.62 bits per heavy atom. The summed E-state index contributed by atoms with van der Waals surface area (Å²) in [4.78, 5) is 12.5. The quantitative estimate of drug-likeness (QED) is 0.212. The van der Waals surface area contributed by atoms with E-state index in [9.17, 15) is 17.6 Å². The molecule has 0 saturated heterocycles. The van der Waals surface area contributed by atoms with Gasteiger partial charge in [-0.1, -0.05) is 24.6 Å². The number of alkyl halides is 3. The summed E-state index contributed by atoms with van der Waals surface area (Å²) in [6.07, 6.45) is -1.86. The van der Waals surface area contributed by atoms with E-state index in [1.165, 1.54) is 23.9 Å². The van der Waals surface area contributed by atoms with Crippen LogP contribution in [0.25, 0.3) is 39.3 Å². The Bertz CT molecular complexity index is 1560. The van der Waals surface area contributed by atoms with Crippen LogP contribution in [-0.2, 0) is 13.2 Å². The number of nitrogens with zero attached hydrogens (tertiary/aromatic N) is 6. The predicted molar refractivity (Wildman–Crippen MR) is 122 cm³/mol. The molecule has 0 aliphatic rings. The molecule has 4 aromatic heterocycles. The number of rotatable bonds is 4. The summed E-state index contributed by atoms with van der Waals surface area (Å²) in [7, 11) is 1.70. The first-order chi connectivity index (χ1) is 16.2. The van der Waals surface area contributed by atoms with Crippen molar-refractivity contribution in [2.24, 2.45) is 7.05 Å². The Balaban J connectivity index is 1.76. The lowest BCUT2D eigenvalue weighted by molar-refractivity contribution is -0.141. The number of hydrogen-bond acceptors (Lipinski definition) is 5. The molecule has 174 valence electrons. The average molecular weight is 507 g/mol. The van der Waals surface area contributed by atoms with E-state index in [2.05, 4.69) is 20.1 Å². The Morgan fingerprint density at radius 1 is 1.12 bits per heavy atom. The first-order valence-electron chi connectivity index (χ1n) is 10.0. The molecule has 1 aromatic carbocycles. The summed E-state index contributed by atoms with van der Waals surface area (Å²) >= 11 is 7.27. The molecule has 4 heterocycles. The van der Waals surface area contributed by atoms with E-state index in [4.69, 9.17) is 11.6 Å². The molecule has 0 radical (unpaired) electrons. The van der Waals surface area contributed by atoms with E-state index in [1.54, 1.807) is 34.5 Å². The predicted octanol–water partition coefficient (Wildman–Crippen LogP) is 6.27. The molecule has 0 unspecified atom stereocenters. The monoisotopic (exact) mass is 506 g/mol. The Kier molecular flexibility index (Phi) is 5.48. The van der Waals surface area contributed by atoms with Crippen molar-refractivity contribution in [1.82, 2.24) is 29.1 Å². The van der Waals surface area contributed by atoms with Gasteiger partial charge in [0, 0.05) is 18.8 Å². The standard InChI is InChI=1S/C22H15ClF4N6S/c1-3-34-21-18(20-30-14-9-17(22(25,26)27)29-10-16(14)32(20)2)19-28-7-6-15(33(19)31-21)11-4-5-12(23)13(24)8-11/h4-10H,3H2,1-2H3. The van der Waals surface area contributed by atoms with Gasteiger partial charge in [-0.3, -0.25) is 0 Å². The zero-order chi connectivity index (χ0) is 24.2. The fraction of sp³-hybridized carbons (Fsp3) is 0.182. The van der Waals surface area contributed by atoms with Crippen LogP contribution in [0.2, 0.25) is 5.02 Å². The van der Waals surface area contributed by atoms with E-state index in [-0.39, 0.29) is 10.5 Å². The second kappa shape index (κ2) is 8.24. The van der Waals surface area contributed by atoms with Gasteiger partial charge in [0.1, 0.15) is 22.4 Å². The van der Waals surface area contributed by atoms with E-state index in [0.717, 1.165) is 12.3 Å². The van der Waals surface area contributed by atoms with Crippen LogP contribution in [0.1, 0.15) is 12.6 Å². The molecular weight excluding hydrogens is 492 g/mol. The van der Waals surface area contributed by atoms with Crippen LogP contribution in [0.3, 0.4) is 0 Å². The van der Waals surface area contributed by atoms with E-state index < -0.39 is 17.7 Å². The molecule has 0 N–H and O–H groups in total. The first kappa shape index (κ1) is 22.6. The molecule has 0 aliphatic heterocycles. The molecule has 0 saturated carbocycles. The molecule has 0 atom stereocenters. The number of aryl methyl sites for hydroxylation is 1. The maximum absolute atomic E-state index is 14.1. The van der Waals surface area contributed by atoms with Crippen molar-refractivity contribution in [1.29, 1.82) is 0 Å². The zero-order valence-electron chi connectivity index (χ0n) is 17.7. The molecule has 0 bridgehead atoms. The fourth-order valence-corrected chi connectivity index (χ4v) is 4.56. The SMILES string of the molecule is CCSc1nn2c(-c3ccc(Cl)c(F)c3)ccnc2c1-c1nc2cc(C(F)(F)F)ncc2n1C. The summed E-state index contributed by atoms with van der Waals surface area (Å²) in [5.41, 5.74) is 1.69. The van der Waals surface area contributed by atoms with Crippen molar-refractivity contribution >= 4 is 40.0 Å². The van der Waals surface area contributed by atoms with Gasteiger partial charge in [-0.25, -0.2) is 23.9 Å². The molecule has 0 amide bonds. The van der Waals surface area contributed by atoms with Gasteiger partial charge in [0.25, 0.3) is 0 Å². The van der Waals surface area contributed by atoms with Crippen LogP contribution >= 0.6 is 23.4 Å². The Hall–Kier alpha value is -3.18. The highest BCUT2D eigenvalue weighted by Crippen LogP contribution is 2.37. The van der Waals surface area contributed by atoms with Gasteiger partial charge in [0.05, 0.1) is 33.5 Å². The maximum atomic E-state index is 14.1. The third kappa shape index (κ3) is 3.68. The third-order valence-electron chi connectivity index (χ3n) is 5.26. The van der Waals surface area contributed by atoms with Crippen molar-refractivity contribution in [3.05, 3.63) is 59.3 Å². The minimum Gasteiger partial charge on any atom is -0.326 e. The van der Waals surface area contributed by atoms with Crippen LogP contribution in [0.5, 0.6) is 0 Å². The highest BCUT2D eigenvalue weighted by molar-refractivity contribution is 7.99. The molecule has 0 fully saturated rings. The normalized spacial score (nSPS) is 12.2. The Labute approximate surface area is 199 Å².